The van der Waals surface area contributed by atoms with Crippen LogP contribution in [0, 0.1) is 0 Å². The second-order valence-electron chi connectivity index (χ2n) is 16.4. The minimum atomic E-state index is -4.64. The number of phosphoric acid groups is 1. The third-order valence-corrected chi connectivity index (χ3v) is 10.5. The zero-order chi connectivity index (χ0) is 42.8. The van der Waals surface area contributed by atoms with Gasteiger partial charge in [-0.3, -0.25) is 14.2 Å². The molecule has 0 aliphatic rings. The highest BCUT2D eigenvalue weighted by molar-refractivity contribution is 7.45. The van der Waals surface area contributed by atoms with Crippen molar-refractivity contribution in [2.45, 2.75) is 187 Å². The molecule has 0 saturated carbocycles. The highest BCUT2D eigenvalue weighted by atomic mass is 31.2. The summed E-state index contributed by atoms with van der Waals surface area (Å²) >= 11 is 0. The Kier molecular flexibility index (Phi) is 38.5. The first-order valence-corrected chi connectivity index (χ1v) is 24.5. The Hall–Kier alpha value is -2.29. The third kappa shape index (κ3) is 43.3. The lowest BCUT2D eigenvalue weighted by Gasteiger charge is -2.28. The molecule has 0 heterocycles. The van der Waals surface area contributed by atoms with Crippen molar-refractivity contribution in [1.29, 1.82) is 0 Å². The van der Waals surface area contributed by atoms with Crippen molar-refractivity contribution in [2.24, 2.45) is 0 Å². The molecule has 0 aliphatic heterocycles. The van der Waals surface area contributed by atoms with Gasteiger partial charge in [0.1, 0.15) is 19.8 Å². The van der Waals surface area contributed by atoms with E-state index in [9.17, 15) is 19.0 Å². The smallest absolute Gasteiger partial charge is 0.306 e. The number of allylic oxidation sites excluding steroid dienone is 10. The number of likely N-dealkylation sites (N-methyl/N-ethyl adjacent to an activating group) is 1. The van der Waals surface area contributed by atoms with E-state index >= 15 is 0 Å². The van der Waals surface area contributed by atoms with E-state index in [4.69, 9.17) is 18.5 Å². The molecule has 2 atom stereocenters. The molecule has 336 valence electrons. The normalized spacial score (nSPS) is 14.1. The lowest BCUT2D eigenvalue weighted by atomic mass is 10.0. The van der Waals surface area contributed by atoms with Gasteiger partial charge in [-0.15, -0.1) is 0 Å². The molecule has 0 aromatic rings. The molecule has 0 spiro atoms. The molecule has 0 rings (SSSR count). The number of quaternary nitrogens is 1. The fourth-order valence-electron chi connectivity index (χ4n) is 5.98. The van der Waals surface area contributed by atoms with Crippen LogP contribution in [0.3, 0.4) is 0 Å². The third-order valence-electron chi connectivity index (χ3n) is 9.55. The number of ether oxygens (including phenoxy) is 2. The number of carbonyl (C=O) groups is 2. The summed E-state index contributed by atoms with van der Waals surface area (Å²) in [5.41, 5.74) is 0. The van der Waals surface area contributed by atoms with Gasteiger partial charge in [-0.2, -0.15) is 0 Å². The Bertz CT molecular complexity index is 1170. The van der Waals surface area contributed by atoms with Gasteiger partial charge in [0.25, 0.3) is 7.82 Å². The number of hydrogen-bond donors (Lipinski definition) is 0. The number of nitrogens with zero attached hydrogens (tertiary/aromatic N) is 1. The van der Waals surface area contributed by atoms with E-state index in [2.05, 4.69) is 68.5 Å². The van der Waals surface area contributed by atoms with Crippen molar-refractivity contribution in [3.05, 3.63) is 60.8 Å². The second kappa shape index (κ2) is 40.1. The molecule has 0 fully saturated rings. The predicted octanol–water partition coefficient (Wildman–Crippen LogP) is 12.6. The van der Waals surface area contributed by atoms with Gasteiger partial charge in [-0.1, -0.05) is 177 Å². The molecule has 0 amide bonds. The maximum absolute atomic E-state index is 12.7. The average Bonchev–Trinajstić information content (AvgIpc) is 3.17. The molecule has 1 unspecified atom stereocenters. The molecule has 10 heteroatoms. The van der Waals surface area contributed by atoms with Gasteiger partial charge in [-0.05, 0) is 51.4 Å². The first kappa shape index (κ1) is 55.7. The zero-order valence-corrected chi connectivity index (χ0v) is 38.6. The molecule has 9 nitrogen and oxygen atoms in total. The molecular formula is C48H86NO8P. The molecule has 0 aromatic carbocycles. The number of carbonyl (C=O) groups excluding carboxylic acids is 2. The molecule has 58 heavy (non-hydrogen) atoms. The van der Waals surface area contributed by atoms with Gasteiger partial charge in [0.2, 0.25) is 0 Å². The fourth-order valence-corrected chi connectivity index (χ4v) is 6.71. The molecule has 0 saturated heterocycles. The number of esters is 2. The van der Waals surface area contributed by atoms with Crippen LogP contribution in [0.25, 0.3) is 0 Å². The number of hydrogen-bond acceptors (Lipinski definition) is 8. The lowest BCUT2D eigenvalue weighted by molar-refractivity contribution is -0.870. The van der Waals surface area contributed by atoms with E-state index in [1.165, 1.54) is 83.5 Å². The molecular weight excluding hydrogens is 750 g/mol. The van der Waals surface area contributed by atoms with E-state index in [0.29, 0.717) is 23.9 Å². The van der Waals surface area contributed by atoms with Crippen molar-refractivity contribution in [2.75, 3.05) is 47.5 Å². The van der Waals surface area contributed by atoms with E-state index in [1.54, 1.807) is 0 Å². The summed E-state index contributed by atoms with van der Waals surface area (Å²) in [6.45, 7) is 4.05. The standard InChI is InChI=1S/C48H86NO8P/c1-6-8-10-12-14-16-18-20-22-24-26-28-30-32-34-36-38-40-47(50)54-44-46(45-56-58(52,53)55-43-42-49(3,4)5)57-48(51)41-39-37-35-33-31-29-27-25-23-21-19-17-15-13-11-9-7-2/h8,10,14,16,20,22,26,28,32,34,46H,6-7,9,11-13,15,17-19,21,23-25,27,29-31,33,35-45H2,1-5H3/b10-8+,16-14+,22-20+,28-26+,34-32+/t46-/m1/s1. The Labute approximate surface area is 356 Å². The van der Waals surface area contributed by atoms with Crippen LogP contribution in [0.4, 0.5) is 0 Å². The predicted molar refractivity (Wildman–Crippen MR) is 240 cm³/mol. The second-order valence-corrected chi connectivity index (χ2v) is 17.8. The largest absolute Gasteiger partial charge is 0.756 e. The van der Waals surface area contributed by atoms with Crippen molar-refractivity contribution >= 4 is 19.8 Å². The minimum Gasteiger partial charge on any atom is -0.756 e. The Balaban J connectivity index is 4.41. The van der Waals surface area contributed by atoms with Crippen LogP contribution in [0.5, 0.6) is 0 Å². The van der Waals surface area contributed by atoms with Crippen molar-refractivity contribution in [1.82, 2.24) is 0 Å². The highest BCUT2D eigenvalue weighted by Gasteiger charge is 2.21. The summed E-state index contributed by atoms with van der Waals surface area (Å²) in [7, 11) is 1.13. The maximum Gasteiger partial charge on any atom is 0.306 e. The van der Waals surface area contributed by atoms with E-state index in [-0.39, 0.29) is 26.1 Å². The van der Waals surface area contributed by atoms with Crippen LogP contribution in [-0.4, -0.2) is 70.0 Å². The van der Waals surface area contributed by atoms with Crippen LogP contribution in [0.15, 0.2) is 60.8 Å². The summed E-state index contributed by atoms with van der Waals surface area (Å²) in [6, 6.07) is 0. The van der Waals surface area contributed by atoms with Gasteiger partial charge in [0, 0.05) is 12.8 Å². The molecule has 0 aliphatic carbocycles. The van der Waals surface area contributed by atoms with E-state index in [0.717, 1.165) is 57.8 Å². The minimum absolute atomic E-state index is 0.0408. The van der Waals surface area contributed by atoms with Crippen molar-refractivity contribution in [3.63, 3.8) is 0 Å². The van der Waals surface area contributed by atoms with E-state index < -0.39 is 32.5 Å². The summed E-state index contributed by atoms with van der Waals surface area (Å²) in [6.07, 6.45) is 48.3. The van der Waals surface area contributed by atoms with Gasteiger partial charge in [-0.25, -0.2) is 0 Å². The first-order chi connectivity index (χ1) is 28.0. The Morgan fingerprint density at radius 1 is 0.552 bits per heavy atom. The summed E-state index contributed by atoms with van der Waals surface area (Å²) in [4.78, 5) is 37.6. The quantitative estimate of drug-likeness (QED) is 0.0197. The van der Waals surface area contributed by atoms with Gasteiger partial charge >= 0.3 is 11.9 Å². The number of rotatable bonds is 41. The molecule has 0 aromatic heterocycles. The fraction of sp³-hybridized carbons (Fsp3) is 0.750. The van der Waals surface area contributed by atoms with Crippen LogP contribution in [0.2, 0.25) is 0 Å². The SMILES string of the molecule is CC/C=C/C/C=C/C/C=C/C/C=C/C/C=C/CCCC(=O)OC[C@H](COP(=O)([O-])OCC[N+](C)(C)C)OC(=O)CCCCCCCCCCCCCCCCCCC. The monoisotopic (exact) mass is 836 g/mol. The summed E-state index contributed by atoms with van der Waals surface area (Å²) in [5.74, 6) is -0.901. The van der Waals surface area contributed by atoms with Crippen LogP contribution < -0.4 is 4.89 Å². The van der Waals surface area contributed by atoms with Crippen molar-refractivity contribution < 1.29 is 42.1 Å². The molecule has 0 radical (unpaired) electrons. The maximum atomic E-state index is 12.7. The Morgan fingerprint density at radius 2 is 0.983 bits per heavy atom. The first-order valence-electron chi connectivity index (χ1n) is 23.0. The molecule has 0 N–H and O–H groups in total. The molecule has 0 bridgehead atoms. The van der Waals surface area contributed by atoms with Gasteiger partial charge in [0.15, 0.2) is 6.10 Å². The van der Waals surface area contributed by atoms with Crippen LogP contribution in [-0.2, 0) is 32.7 Å². The summed E-state index contributed by atoms with van der Waals surface area (Å²) < 4.78 is 33.9. The highest BCUT2D eigenvalue weighted by Crippen LogP contribution is 2.38. The number of unbranched alkanes of at least 4 members (excludes halogenated alkanes) is 17. The topological polar surface area (TPSA) is 111 Å². The average molecular weight is 836 g/mol. The van der Waals surface area contributed by atoms with Crippen LogP contribution >= 0.6 is 7.82 Å². The Morgan fingerprint density at radius 3 is 1.45 bits per heavy atom. The van der Waals surface area contributed by atoms with Crippen molar-refractivity contribution in [3.8, 4) is 0 Å². The zero-order valence-electron chi connectivity index (χ0n) is 37.7. The van der Waals surface area contributed by atoms with Crippen LogP contribution in [0.1, 0.15) is 181 Å². The lowest BCUT2D eigenvalue weighted by Crippen LogP contribution is -2.37. The van der Waals surface area contributed by atoms with E-state index in [1.807, 2.05) is 27.2 Å². The van der Waals surface area contributed by atoms with Gasteiger partial charge in [0.05, 0.1) is 27.7 Å². The number of phosphoric ester groups is 1. The van der Waals surface area contributed by atoms with Gasteiger partial charge < -0.3 is 27.9 Å². The summed E-state index contributed by atoms with van der Waals surface area (Å²) in [5, 5.41) is 0.